The van der Waals surface area contributed by atoms with Gasteiger partial charge in [0.05, 0.1) is 0 Å². The van der Waals surface area contributed by atoms with Crippen LogP contribution >= 0.6 is 11.3 Å². The van der Waals surface area contributed by atoms with Gasteiger partial charge in [-0.15, -0.1) is 10.2 Å². The number of aromatic nitrogens is 3. The predicted molar refractivity (Wildman–Crippen MR) is 74.7 cm³/mol. The second kappa shape index (κ2) is 6.40. The predicted octanol–water partition coefficient (Wildman–Crippen LogP) is 0.793. The lowest BCUT2D eigenvalue weighted by Crippen LogP contribution is -2.26. The van der Waals surface area contributed by atoms with Gasteiger partial charge in [0.25, 0.3) is 5.56 Å². The number of anilines is 1. The molecule has 2 rings (SSSR count). The molecule has 0 aliphatic carbocycles. The molecule has 0 saturated carbocycles. The third-order valence-electron chi connectivity index (χ3n) is 2.45. The lowest BCUT2D eigenvalue weighted by Gasteiger charge is -2.05. The Balaban J connectivity index is 1.99. The van der Waals surface area contributed by atoms with Crippen LogP contribution in [0.1, 0.15) is 10.6 Å². The van der Waals surface area contributed by atoms with Crippen molar-refractivity contribution in [3.05, 3.63) is 39.3 Å². The van der Waals surface area contributed by atoms with Crippen molar-refractivity contribution in [2.45, 2.75) is 20.1 Å². The molecule has 1 N–H and O–H groups in total. The van der Waals surface area contributed by atoms with Crippen molar-refractivity contribution < 1.29 is 9.53 Å². The minimum absolute atomic E-state index is 0.0572. The molecular weight excluding hydrogens is 280 g/mol. The van der Waals surface area contributed by atoms with Crippen LogP contribution < -0.4 is 10.9 Å². The van der Waals surface area contributed by atoms with E-state index in [-0.39, 0.29) is 18.0 Å². The van der Waals surface area contributed by atoms with Gasteiger partial charge in [-0.1, -0.05) is 11.3 Å². The summed E-state index contributed by atoms with van der Waals surface area (Å²) in [6, 6.07) is 3.26. The average Bonchev–Trinajstić information content (AvgIpc) is 2.81. The fraction of sp³-hybridized carbons (Fsp3) is 0.333. The summed E-state index contributed by atoms with van der Waals surface area (Å²) in [5, 5.41) is 11.3. The van der Waals surface area contributed by atoms with Gasteiger partial charge >= 0.3 is 0 Å². The number of carbonyl (C=O) groups excluding carboxylic acids is 1. The summed E-state index contributed by atoms with van der Waals surface area (Å²) in [4.78, 5) is 23.5. The van der Waals surface area contributed by atoms with E-state index in [9.17, 15) is 9.59 Å². The molecule has 0 spiro atoms. The number of pyridine rings is 1. The fourth-order valence-corrected chi connectivity index (χ4v) is 2.26. The minimum Gasteiger partial charge on any atom is -0.377 e. The average molecular weight is 294 g/mol. The van der Waals surface area contributed by atoms with Crippen LogP contribution in [0.15, 0.2) is 23.1 Å². The van der Waals surface area contributed by atoms with E-state index in [4.69, 9.17) is 4.74 Å². The smallest absolute Gasteiger partial charge is 0.251 e. The Hall–Kier alpha value is -2.06. The zero-order valence-electron chi connectivity index (χ0n) is 11.1. The SMILES string of the molecule is COCc1nnc(NC(=O)Cn2ccc(C)cc2=O)s1. The van der Waals surface area contributed by atoms with Crippen LogP contribution in [0.2, 0.25) is 0 Å². The highest BCUT2D eigenvalue weighted by Crippen LogP contribution is 2.15. The molecule has 2 aromatic heterocycles. The van der Waals surface area contributed by atoms with E-state index in [0.717, 1.165) is 5.56 Å². The number of hydrogen-bond donors (Lipinski definition) is 1. The Morgan fingerprint density at radius 1 is 1.50 bits per heavy atom. The second-order valence-corrected chi connectivity index (χ2v) is 5.21. The second-order valence-electron chi connectivity index (χ2n) is 4.15. The van der Waals surface area contributed by atoms with Crippen LogP contribution in [0.4, 0.5) is 5.13 Å². The Kier molecular flexibility index (Phi) is 4.59. The number of aryl methyl sites for hydroxylation is 1. The van der Waals surface area contributed by atoms with Crippen molar-refractivity contribution in [1.82, 2.24) is 14.8 Å². The molecule has 7 nitrogen and oxygen atoms in total. The summed E-state index contributed by atoms with van der Waals surface area (Å²) in [7, 11) is 1.56. The highest BCUT2D eigenvalue weighted by atomic mass is 32.1. The van der Waals surface area contributed by atoms with Crippen LogP contribution in [-0.2, 0) is 22.7 Å². The number of hydrogen-bond acceptors (Lipinski definition) is 6. The highest BCUT2D eigenvalue weighted by Gasteiger charge is 2.09. The quantitative estimate of drug-likeness (QED) is 0.881. The normalized spacial score (nSPS) is 10.5. The number of nitrogens with one attached hydrogen (secondary N) is 1. The number of nitrogens with zero attached hydrogens (tertiary/aromatic N) is 3. The lowest BCUT2D eigenvalue weighted by atomic mass is 10.3. The fourth-order valence-electron chi connectivity index (χ4n) is 1.54. The molecule has 2 aromatic rings. The summed E-state index contributed by atoms with van der Waals surface area (Å²) in [5.41, 5.74) is 0.650. The van der Waals surface area contributed by atoms with Crippen molar-refractivity contribution >= 4 is 22.4 Å². The summed E-state index contributed by atoms with van der Waals surface area (Å²) in [6.07, 6.45) is 1.59. The summed E-state index contributed by atoms with van der Waals surface area (Å²) >= 11 is 1.24. The molecule has 1 amide bonds. The summed E-state index contributed by atoms with van der Waals surface area (Å²) in [5.74, 6) is -0.323. The number of methoxy groups -OCH3 is 1. The maximum atomic E-state index is 11.8. The van der Waals surface area contributed by atoms with Crippen LogP contribution in [0.25, 0.3) is 0 Å². The van der Waals surface area contributed by atoms with Crippen molar-refractivity contribution in [1.29, 1.82) is 0 Å². The maximum Gasteiger partial charge on any atom is 0.251 e. The Morgan fingerprint density at radius 3 is 3.00 bits per heavy atom. The molecule has 2 heterocycles. The van der Waals surface area contributed by atoms with E-state index in [1.54, 1.807) is 19.4 Å². The van der Waals surface area contributed by atoms with Crippen molar-refractivity contribution in [2.24, 2.45) is 0 Å². The van der Waals surface area contributed by atoms with Gasteiger partial charge in [0.15, 0.2) is 0 Å². The van der Waals surface area contributed by atoms with Gasteiger partial charge in [-0.2, -0.15) is 0 Å². The molecule has 0 fully saturated rings. The molecule has 0 unspecified atom stereocenters. The maximum absolute atomic E-state index is 11.8. The van der Waals surface area contributed by atoms with Crippen molar-refractivity contribution in [3.63, 3.8) is 0 Å². The molecular formula is C12H14N4O3S. The summed E-state index contributed by atoms with van der Waals surface area (Å²) < 4.78 is 6.25. The number of carbonyl (C=O) groups is 1. The zero-order valence-corrected chi connectivity index (χ0v) is 11.9. The molecule has 0 atom stereocenters. The first kappa shape index (κ1) is 14.4. The standard InChI is InChI=1S/C12H14N4O3S/c1-8-3-4-16(11(18)5-8)6-9(17)13-12-15-14-10(20-12)7-19-2/h3-5H,6-7H2,1-2H3,(H,13,15,17). The molecule has 8 heteroatoms. The number of rotatable bonds is 5. The van der Waals surface area contributed by atoms with Gasteiger partial charge in [-0.3, -0.25) is 14.9 Å². The van der Waals surface area contributed by atoms with E-state index < -0.39 is 0 Å². The van der Waals surface area contributed by atoms with Gasteiger partial charge in [-0.05, 0) is 18.6 Å². The zero-order chi connectivity index (χ0) is 14.5. The topological polar surface area (TPSA) is 86.1 Å². The Morgan fingerprint density at radius 2 is 2.30 bits per heavy atom. The monoisotopic (exact) mass is 294 g/mol. The van der Waals surface area contributed by atoms with Crippen LogP contribution in [0.3, 0.4) is 0 Å². The molecule has 0 aromatic carbocycles. The van der Waals surface area contributed by atoms with Crippen LogP contribution in [0.5, 0.6) is 0 Å². The van der Waals surface area contributed by atoms with E-state index in [2.05, 4.69) is 15.5 Å². The number of ether oxygens (including phenoxy) is 1. The molecule has 0 aliphatic rings. The van der Waals surface area contributed by atoms with E-state index in [0.29, 0.717) is 16.7 Å². The Bertz CT molecular complexity index is 665. The molecule has 0 radical (unpaired) electrons. The van der Waals surface area contributed by atoms with Crippen LogP contribution in [-0.4, -0.2) is 27.8 Å². The van der Waals surface area contributed by atoms with E-state index >= 15 is 0 Å². The third kappa shape index (κ3) is 3.72. The third-order valence-corrected chi connectivity index (χ3v) is 3.26. The first-order chi connectivity index (χ1) is 9.58. The first-order valence-electron chi connectivity index (χ1n) is 5.87. The molecule has 20 heavy (non-hydrogen) atoms. The van der Waals surface area contributed by atoms with Gasteiger partial charge in [-0.25, -0.2) is 0 Å². The molecule has 106 valence electrons. The highest BCUT2D eigenvalue weighted by molar-refractivity contribution is 7.15. The number of amides is 1. The van der Waals surface area contributed by atoms with Crippen LogP contribution in [0, 0.1) is 6.92 Å². The van der Waals surface area contributed by atoms with Crippen molar-refractivity contribution in [2.75, 3.05) is 12.4 Å². The van der Waals surface area contributed by atoms with Gasteiger partial charge in [0, 0.05) is 19.4 Å². The Labute approximate surface area is 119 Å². The molecule has 0 saturated heterocycles. The van der Waals surface area contributed by atoms with Gasteiger partial charge < -0.3 is 9.30 Å². The van der Waals surface area contributed by atoms with Crippen molar-refractivity contribution in [3.8, 4) is 0 Å². The minimum atomic E-state index is -0.323. The lowest BCUT2D eigenvalue weighted by molar-refractivity contribution is -0.116. The summed E-state index contributed by atoms with van der Waals surface area (Å²) in [6.45, 7) is 2.12. The molecule has 0 bridgehead atoms. The first-order valence-corrected chi connectivity index (χ1v) is 6.68. The van der Waals surface area contributed by atoms with Gasteiger partial charge in [0.2, 0.25) is 11.0 Å². The van der Waals surface area contributed by atoms with E-state index in [1.165, 1.54) is 22.0 Å². The molecule has 0 aliphatic heterocycles. The van der Waals surface area contributed by atoms with Gasteiger partial charge in [0.1, 0.15) is 18.2 Å². The largest absolute Gasteiger partial charge is 0.377 e. The van der Waals surface area contributed by atoms with E-state index in [1.807, 2.05) is 6.92 Å².